The summed E-state index contributed by atoms with van der Waals surface area (Å²) in [6.45, 7) is 8.61. The second kappa shape index (κ2) is 12.6. The Kier molecular flexibility index (Phi) is 9.17. The molecule has 2 saturated heterocycles. The standard InChI is InChI=1S/C36H56O11/c1-18-29(39)32(42-5)30(40)33(45-18)47-31-19(2)44-28(16-26(31)37)46-22-8-11-34(3)21(15-22)6-7-25-24(34)9-12-35(4)23(10-13-36(25,35)41)20-14-27(38)43-17-20/h14,18-19,21-26,28-33,37,39-41H,6-13,15-17H2,1-5H3/t18-,19-,21?,22?,23-,24+,25-,26+,28+,29-,30-,31-,32+,33+,34+,35-,36+/m1/s1. The number of cyclic esters (lactones) is 1. The van der Waals surface area contributed by atoms with Gasteiger partial charge < -0.3 is 48.8 Å². The van der Waals surface area contributed by atoms with Crippen LogP contribution in [0.3, 0.4) is 0 Å². The summed E-state index contributed by atoms with van der Waals surface area (Å²) in [4.78, 5) is 11.9. The lowest BCUT2D eigenvalue weighted by Crippen LogP contribution is -2.62. The summed E-state index contributed by atoms with van der Waals surface area (Å²) in [6, 6.07) is 0. The van der Waals surface area contributed by atoms with Crippen molar-refractivity contribution in [2.45, 2.75) is 159 Å². The molecule has 4 saturated carbocycles. The first kappa shape index (κ1) is 34.3. The van der Waals surface area contributed by atoms with Crippen LogP contribution in [0.1, 0.15) is 91.9 Å². The van der Waals surface area contributed by atoms with E-state index < -0.39 is 60.9 Å². The second-order valence-electron chi connectivity index (χ2n) is 16.4. The fourth-order valence-electron chi connectivity index (χ4n) is 11.6. The van der Waals surface area contributed by atoms with E-state index >= 15 is 0 Å². The molecule has 0 aromatic carbocycles. The molecule has 3 heterocycles. The Bertz CT molecular complexity index is 1200. The molecule has 11 nitrogen and oxygen atoms in total. The van der Waals surface area contributed by atoms with Crippen LogP contribution in [0.25, 0.3) is 0 Å². The molecule has 47 heavy (non-hydrogen) atoms. The van der Waals surface area contributed by atoms with Gasteiger partial charge in [-0.05, 0) is 106 Å². The summed E-state index contributed by atoms with van der Waals surface area (Å²) >= 11 is 0. The Morgan fingerprint density at radius 1 is 0.851 bits per heavy atom. The first-order valence-electron chi connectivity index (χ1n) is 18.1. The molecular weight excluding hydrogens is 608 g/mol. The van der Waals surface area contributed by atoms with Gasteiger partial charge in [0.15, 0.2) is 12.6 Å². The minimum Gasteiger partial charge on any atom is -0.458 e. The Hall–Kier alpha value is -1.15. The molecule has 3 aliphatic heterocycles. The monoisotopic (exact) mass is 664 g/mol. The number of carbonyl (C=O) groups excluding carboxylic acids is 1. The lowest BCUT2D eigenvalue weighted by Gasteiger charge is -2.64. The number of esters is 1. The number of aliphatic hydroxyl groups excluding tert-OH is 3. The van der Waals surface area contributed by atoms with Crippen molar-refractivity contribution < 1.29 is 53.6 Å². The Balaban J connectivity index is 0.958. The first-order valence-corrected chi connectivity index (χ1v) is 18.1. The van der Waals surface area contributed by atoms with Crippen LogP contribution in [-0.2, 0) is 33.2 Å². The maximum Gasteiger partial charge on any atom is 0.331 e. The molecule has 4 N–H and O–H groups in total. The summed E-state index contributed by atoms with van der Waals surface area (Å²) in [5, 5.41) is 44.6. The zero-order chi connectivity index (χ0) is 33.5. The highest BCUT2D eigenvalue weighted by molar-refractivity contribution is 5.85. The number of carbonyl (C=O) groups is 1. The third-order valence-electron chi connectivity index (χ3n) is 14.3. The molecule has 0 bridgehead atoms. The predicted octanol–water partition coefficient (Wildman–Crippen LogP) is 2.99. The van der Waals surface area contributed by atoms with E-state index in [1.54, 1.807) is 13.0 Å². The van der Waals surface area contributed by atoms with Crippen LogP contribution in [-0.4, -0.2) is 107 Å². The largest absolute Gasteiger partial charge is 0.458 e. The van der Waals surface area contributed by atoms with Crippen molar-refractivity contribution in [1.29, 1.82) is 0 Å². The van der Waals surface area contributed by atoms with Crippen molar-refractivity contribution in [2.75, 3.05) is 13.7 Å². The van der Waals surface area contributed by atoms with Gasteiger partial charge in [-0.1, -0.05) is 13.8 Å². The molecule has 4 aliphatic carbocycles. The second-order valence-corrected chi connectivity index (χ2v) is 16.4. The molecule has 6 fully saturated rings. The SMILES string of the molecule is CO[C@@H]1[C@@H](O)[C@H](O[C@H]2[C@@H](O)C[C@H](OC3CC[C@@]4(C)C(CC[C@@H]5[C@@H]4CC[C@]4(C)[C@@H](C6=CC(=O)OC6)CC[C@]54O)C3)O[C@@H]2C)O[C@H](C)[C@H]1O. The number of hydrogen-bond acceptors (Lipinski definition) is 11. The van der Waals surface area contributed by atoms with Crippen LogP contribution in [0.15, 0.2) is 11.6 Å². The summed E-state index contributed by atoms with van der Waals surface area (Å²) in [5.74, 6) is 1.16. The molecular formula is C36H56O11. The van der Waals surface area contributed by atoms with Crippen molar-refractivity contribution in [3.05, 3.63) is 11.6 Å². The highest BCUT2D eigenvalue weighted by Gasteiger charge is 2.67. The van der Waals surface area contributed by atoms with E-state index in [0.717, 1.165) is 63.4 Å². The first-order chi connectivity index (χ1) is 22.3. The third kappa shape index (κ3) is 5.55. The highest BCUT2D eigenvalue weighted by atomic mass is 16.7. The normalized spacial score (nSPS) is 54.7. The summed E-state index contributed by atoms with van der Waals surface area (Å²) in [6.07, 6.45) is 3.20. The van der Waals surface area contributed by atoms with Crippen molar-refractivity contribution in [3.63, 3.8) is 0 Å². The van der Waals surface area contributed by atoms with Gasteiger partial charge in [0, 0.05) is 25.0 Å². The Labute approximate surface area is 278 Å². The molecule has 0 spiro atoms. The molecule has 7 rings (SSSR count). The fourth-order valence-corrected chi connectivity index (χ4v) is 11.6. The molecule has 0 aromatic rings. The van der Waals surface area contributed by atoms with Gasteiger partial charge in [-0.15, -0.1) is 0 Å². The molecule has 0 amide bonds. The van der Waals surface area contributed by atoms with Crippen LogP contribution < -0.4 is 0 Å². The van der Waals surface area contributed by atoms with Crippen LogP contribution in [0.2, 0.25) is 0 Å². The van der Waals surface area contributed by atoms with Crippen LogP contribution in [0.5, 0.6) is 0 Å². The van der Waals surface area contributed by atoms with Crippen molar-refractivity contribution in [2.24, 2.45) is 34.5 Å². The minimum atomic E-state index is -1.22. The van der Waals surface area contributed by atoms with Gasteiger partial charge in [-0.25, -0.2) is 4.79 Å². The van der Waals surface area contributed by atoms with Crippen molar-refractivity contribution >= 4 is 5.97 Å². The molecule has 2 unspecified atom stereocenters. The summed E-state index contributed by atoms with van der Waals surface area (Å²) < 4.78 is 35.1. The van der Waals surface area contributed by atoms with E-state index in [-0.39, 0.29) is 41.2 Å². The van der Waals surface area contributed by atoms with Gasteiger partial charge in [0.2, 0.25) is 0 Å². The summed E-state index contributed by atoms with van der Waals surface area (Å²) in [5.41, 5.74) is 0.243. The molecule has 0 radical (unpaired) electrons. The number of rotatable bonds is 6. The van der Waals surface area contributed by atoms with Gasteiger partial charge >= 0.3 is 5.97 Å². The van der Waals surface area contributed by atoms with Crippen molar-refractivity contribution in [1.82, 2.24) is 0 Å². The molecule has 17 atom stereocenters. The van der Waals surface area contributed by atoms with E-state index in [1.165, 1.54) is 7.11 Å². The molecule has 266 valence electrons. The number of methoxy groups -OCH3 is 1. The van der Waals surface area contributed by atoms with Crippen LogP contribution in [0, 0.1) is 34.5 Å². The van der Waals surface area contributed by atoms with E-state index in [4.69, 9.17) is 28.4 Å². The maximum absolute atomic E-state index is 12.5. The average Bonchev–Trinajstić information content (AvgIpc) is 3.57. The van der Waals surface area contributed by atoms with E-state index in [1.807, 2.05) is 6.92 Å². The number of fused-ring (bicyclic) bond motifs is 5. The smallest absolute Gasteiger partial charge is 0.331 e. The Morgan fingerprint density at radius 3 is 2.34 bits per heavy atom. The molecule has 0 aromatic heterocycles. The number of ether oxygens (including phenoxy) is 6. The quantitative estimate of drug-likeness (QED) is 0.245. The van der Waals surface area contributed by atoms with E-state index in [9.17, 15) is 25.2 Å². The Morgan fingerprint density at radius 2 is 1.64 bits per heavy atom. The molecule has 7 aliphatic rings. The molecule has 11 heteroatoms. The van der Waals surface area contributed by atoms with Gasteiger partial charge in [0.25, 0.3) is 0 Å². The van der Waals surface area contributed by atoms with Crippen LogP contribution >= 0.6 is 0 Å². The van der Waals surface area contributed by atoms with Crippen molar-refractivity contribution in [3.8, 4) is 0 Å². The average molecular weight is 665 g/mol. The van der Waals surface area contributed by atoms with E-state index in [2.05, 4.69) is 13.8 Å². The summed E-state index contributed by atoms with van der Waals surface area (Å²) in [7, 11) is 1.42. The van der Waals surface area contributed by atoms with Gasteiger partial charge in [-0.3, -0.25) is 0 Å². The number of hydrogen-bond donors (Lipinski definition) is 4. The third-order valence-corrected chi connectivity index (χ3v) is 14.3. The number of aliphatic hydroxyl groups is 4. The predicted molar refractivity (Wildman–Crippen MR) is 168 cm³/mol. The maximum atomic E-state index is 12.5. The lowest BCUT2D eigenvalue weighted by atomic mass is 9.43. The lowest BCUT2D eigenvalue weighted by molar-refractivity contribution is -0.342. The minimum absolute atomic E-state index is 0.0273. The van der Waals surface area contributed by atoms with E-state index in [0.29, 0.717) is 18.4 Å². The van der Waals surface area contributed by atoms with Gasteiger partial charge in [0.05, 0.1) is 30.0 Å². The fraction of sp³-hybridized carbons (Fsp3) is 0.917. The topological polar surface area (TPSA) is 153 Å². The zero-order valence-electron chi connectivity index (χ0n) is 28.6. The van der Waals surface area contributed by atoms with Gasteiger partial charge in [-0.2, -0.15) is 0 Å². The van der Waals surface area contributed by atoms with Crippen LogP contribution in [0.4, 0.5) is 0 Å². The zero-order valence-corrected chi connectivity index (χ0v) is 28.6. The highest BCUT2D eigenvalue weighted by Crippen LogP contribution is 2.70. The van der Waals surface area contributed by atoms with Gasteiger partial charge in [0.1, 0.15) is 31.0 Å².